The number of benzene rings is 2. The van der Waals surface area contributed by atoms with E-state index in [-0.39, 0.29) is 6.61 Å². The van der Waals surface area contributed by atoms with E-state index in [4.69, 9.17) is 9.47 Å². The summed E-state index contributed by atoms with van der Waals surface area (Å²) in [5, 5.41) is 10.1. The van der Waals surface area contributed by atoms with E-state index in [0.29, 0.717) is 16.1 Å². The van der Waals surface area contributed by atoms with Crippen LogP contribution in [0, 0.1) is 13.8 Å². The van der Waals surface area contributed by atoms with Gasteiger partial charge in [-0.3, -0.25) is 4.57 Å². The summed E-state index contributed by atoms with van der Waals surface area (Å²) in [5.74, 6) is 2.19. The first kappa shape index (κ1) is 19.9. The summed E-state index contributed by atoms with van der Waals surface area (Å²) in [6, 6.07) is 19.3. The molecule has 0 saturated carbocycles. The lowest BCUT2D eigenvalue weighted by molar-refractivity contribution is 0.292. The molecule has 0 unspecified atom stereocenters. The SMILES string of the molecule is COc1ccc(OCc2nnc(Sc3nc(C)cc(C)n3)n2-c2ccccc2)cc1. The Kier molecular flexibility index (Phi) is 5.94. The largest absolute Gasteiger partial charge is 0.497 e. The fourth-order valence-electron chi connectivity index (χ4n) is 2.94. The van der Waals surface area contributed by atoms with Crippen LogP contribution in [0.1, 0.15) is 17.2 Å². The van der Waals surface area contributed by atoms with E-state index >= 15 is 0 Å². The van der Waals surface area contributed by atoms with E-state index in [0.717, 1.165) is 28.6 Å². The average molecular weight is 420 g/mol. The van der Waals surface area contributed by atoms with E-state index in [2.05, 4.69) is 20.2 Å². The standard InChI is InChI=1S/C22H21N5O2S/c1-15-13-16(2)24-21(23-15)30-22-26-25-20(27(22)17-7-5-4-6-8-17)14-29-19-11-9-18(28-3)10-12-19/h4-13H,14H2,1-3H3. The zero-order valence-electron chi connectivity index (χ0n) is 16.9. The van der Waals surface area contributed by atoms with Gasteiger partial charge in [-0.2, -0.15) is 0 Å². The molecule has 2 aromatic carbocycles. The molecule has 0 spiro atoms. The average Bonchev–Trinajstić information content (AvgIpc) is 3.14. The van der Waals surface area contributed by atoms with Crippen molar-refractivity contribution < 1.29 is 9.47 Å². The van der Waals surface area contributed by atoms with Gasteiger partial charge in [0.05, 0.1) is 7.11 Å². The van der Waals surface area contributed by atoms with Crippen molar-refractivity contribution in [2.75, 3.05) is 7.11 Å². The molecule has 7 nitrogen and oxygen atoms in total. The highest BCUT2D eigenvalue weighted by atomic mass is 32.2. The van der Waals surface area contributed by atoms with Gasteiger partial charge in [0.25, 0.3) is 0 Å². The van der Waals surface area contributed by atoms with Crippen LogP contribution in [0.25, 0.3) is 5.69 Å². The van der Waals surface area contributed by atoms with Gasteiger partial charge in [-0.05, 0) is 68.1 Å². The topological polar surface area (TPSA) is 75.0 Å². The number of ether oxygens (including phenoxy) is 2. The van der Waals surface area contributed by atoms with Crippen molar-refractivity contribution in [2.45, 2.75) is 30.8 Å². The van der Waals surface area contributed by atoms with Crippen LogP contribution in [0.3, 0.4) is 0 Å². The molecule has 152 valence electrons. The summed E-state index contributed by atoms with van der Waals surface area (Å²) in [4.78, 5) is 9.02. The number of hydrogen-bond acceptors (Lipinski definition) is 7. The molecule has 0 radical (unpaired) electrons. The van der Waals surface area contributed by atoms with Crippen molar-refractivity contribution in [3.05, 3.63) is 77.9 Å². The Morgan fingerprint density at radius 2 is 1.53 bits per heavy atom. The number of aryl methyl sites for hydroxylation is 2. The van der Waals surface area contributed by atoms with Crippen molar-refractivity contribution in [1.82, 2.24) is 24.7 Å². The highest BCUT2D eigenvalue weighted by molar-refractivity contribution is 7.99. The van der Waals surface area contributed by atoms with Crippen molar-refractivity contribution in [3.63, 3.8) is 0 Å². The van der Waals surface area contributed by atoms with E-state index in [1.807, 2.05) is 79.1 Å². The van der Waals surface area contributed by atoms with Crippen LogP contribution in [-0.4, -0.2) is 31.8 Å². The summed E-state index contributed by atoms with van der Waals surface area (Å²) in [5.41, 5.74) is 2.78. The molecule has 0 N–H and O–H groups in total. The van der Waals surface area contributed by atoms with Gasteiger partial charge in [0.1, 0.15) is 18.1 Å². The molecule has 0 atom stereocenters. The van der Waals surface area contributed by atoms with E-state index < -0.39 is 0 Å². The minimum Gasteiger partial charge on any atom is -0.497 e. The minimum absolute atomic E-state index is 0.266. The zero-order valence-corrected chi connectivity index (χ0v) is 17.8. The molecular weight excluding hydrogens is 398 g/mol. The Balaban J connectivity index is 1.63. The minimum atomic E-state index is 0.266. The van der Waals surface area contributed by atoms with Gasteiger partial charge in [-0.25, -0.2) is 9.97 Å². The predicted octanol–water partition coefficient (Wildman–Crippen LogP) is 4.41. The number of rotatable bonds is 7. The fourth-order valence-corrected chi connectivity index (χ4v) is 3.86. The highest BCUT2D eigenvalue weighted by Gasteiger charge is 2.17. The number of aromatic nitrogens is 5. The van der Waals surface area contributed by atoms with Gasteiger partial charge in [0.15, 0.2) is 11.0 Å². The Bertz CT molecular complexity index is 1110. The first-order chi connectivity index (χ1) is 14.6. The van der Waals surface area contributed by atoms with Crippen LogP contribution < -0.4 is 9.47 Å². The molecule has 0 amide bonds. The van der Waals surface area contributed by atoms with Crippen LogP contribution in [0.4, 0.5) is 0 Å². The Morgan fingerprint density at radius 3 is 2.20 bits per heavy atom. The number of para-hydroxylation sites is 1. The fraction of sp³-hybridized carbons (Fsp3) is 0.182. The van der Waals surface area contributed by atoms with E-state index in [9.17, 15) is 0 Å². The lowest BCUT2D eigenvalue weighted by Crippen LogP contribution is -2.07. The smallest absolute Gasteiger partial charge is 0.203 e. The molecule has 2 heterocycles. The third-order valence-electron chi connectivity index (χ3n) is 4.29. The third-order valence-corrected chi connectivity index (χ3v) is 5.10. The van der Waals surface area contributed by atoms with Crippen molar-refractivity contribution in [2.24, 2.45) is 0 Å². The van der Waals surface area contributed by atoms with Gasteiger partial charge in [0, 0.05) is 17.1 Å². The summed E-state index contributed by atoms with van der Waals surface area (Å²) in [6.07, 6.45) is 0. The van der Waals surface area contributed by atoms with Crippen LogP contribution in [0.2, 0.25) is 0 Å². The molecule has 30 heavy (non-hydrogen) atoms. The molecule has 2 aromatic heterocycles. The van der Waals surface area contributed by atoms with E-state index in [1.54, 1.807) is 7.11 Å². The Hall–Kier alpha value is -3.39. The van der Waals surface area contributed by atoms with Crippen molar-refractivity contribution >= 4 is 11.8 Å². The molecule has 0 aliphatic carbocycles. The molecule has 0 fully saturated rings. The molecule has 8 heteroatoms. The predicted molar refractivity (Wildman–Crippen MR) is 114 cm³/mol. The monoisotopic (exact) mass is 419 g/mol. The van der Waals surface area contributed by atoms with Crippen LogP contribution in [-0.2, 0) is 6.61 Å². The first-order valence-electron chi connectivity index (χ1n) is 9.39. The van der Waals surface area contributed by atoms with Gasteiger partial charge in [0.2, 0.25) is 5.16 Å². The second kappa shape index (κ2) is 8.96. The van der Waals surface area contributed by atoms with Crippen molar-refractivity contribution in [1.29, 1.82) is 0 Å². The Labute approximate surface area is 179 Å². The Morgan fingerprint density at radius 1 is 0.867 bits per heavy atom. The second-order valence-electron chi connectivity index (χ2n) is 6.57. The number of hydrogen-bond donors (Lipinski definition) is 0. The normalized spacial score (nSPS) is 10.8. The summed E-state index contributed by atoms with van der Waals surface area (Å²) in [6.45, 7) is 4.17. The van der Waals surface area contributed by atoms with Gasteiger partial charge >= 0.3 is 0 Å². The highest BCUT2D eigenvalue weighted by Crippen LogP contribution is 2.28. The van der Waals surface area contributed by atoms with Crippen LogP contribution in [0.15, 0.2) is 71.0 Å². The summed E-state index contributed by atoms with van der Waals surface area (Å²) >= 11 is 1.38. The molecule has 0 aliphatic rings. The molecule has 0 saturated heterocycles. The van der Waals surface area contributed by atoms with Crippen molar-refractivity contribution in [3.8, 4) is 17.2 Å². The maximum absolute atomic E-state index is 5.94. The second-order valence-corrected chi connectivity index (χ2v) is 7.50. The maximum atomic E-state index is 5.94. The van der Waals surface area contributed by atoms with Crippen LogP contribution in [0.5, 0.6) is 11.5 Å². The van der Waals surface area contributed by atoms with E-state index in [1.165, 1.54) is 11.8 Å². The summed E-state index contributed by atoms with van der Waals surface area (Å²) in [7, 11) is 1.64. The maximum Gasteiger partial charge on any atom is 0.203 e. The molecular formula is C22H21N5O2S. The molecule has 0 bridgehead atoms. The zero-order chi connectivity index (χ0) is 20.9. The third kappa shape index (κ3) is 4.60. The summed E-state index contributed by atoms with van der Waals surface area (Å²) < 4.78 is 13.1. The lowest BCUT2D eigenvalue weighted by Gasteiger charge is -2.11. The number of nitrogens with zero attached hydrogens (tertiary/aromatic N) is 5. The number of methoxy groups -OCH3 is 1. The van der Waals surface area contributed by atoms with Gasteiger partial charge in [-0.15, -0.1) is 10.2 Å². The molecule has 4 aromatic rings. The lowest BCUT2D eigenvalue weighted by atomic mass is 10.3. The molecule has 4 rings (SSSR count). The quantitative estimate of drug-likeness (QED) is 0.411. The van der Waals surface area contributed by atoms with Gasteiger partial charge < -0.3 is 9.47 Å². The van der Waals surface area contributed by atoms with Gasteiger partial charge in [-0.1, -0.05) is 18.2 Å². The first-order valence-corrected chi connectivity index (χ1v) is 10.2. The molecule has 0 aliphatic heterocycles. The van der Waals surface area contributed by atoms with Crippen LogP contribution >= 0.6 is 11.8 Å².